The number of benzene rings is 2. The number of hydrogen-bond acceptors (Lipinski definition) is 6. The maximum atomic E-state index is 12.6. The molecular weight excluding hydrogens is 408 g/mol. The first-order valence-electron chi connectivity index (χ1n) is 10.4. The van der Waals surface area contributed by atoms with Gasteiger partial charge in [0.25, 0.3) is 0 Å². The topological polar surface area (TPSA) is 71.0 Å². The standard InChI is InChI=1S/C21H18O6.2C2H6.CH4/c1-12-10-16(22)17-18(24-3)15-8-9-25-19(15)21(20(17)27-12)26-11-13-4-6-14(23-2)7-5-13;2*1-2;/h4-10H,11H2,1-3H3;2*1-2H3;1H4. The summed E-state index contributed by atoms with van der Waals surface area (Å²) < 4.78 is 28.1. The van der Waals surface area contributed by atoms with Gasteiger partial charge < -0.3 is 23.0 Å². The summed E-state index contributed by atoms with van der Waals surface area (Å²) in [5.74, 6) is 2.04. The van der Waals surface area contributed by atoms with E-state index in [0.717, 1.165) is 11.3 Å². The van der Waals surface area contributed by atoms with E-state index in [4.69, 9.17) is 23.0 Å². The van der Waals surface area contributed by atoms with Crippen LogP contribution in [0.5, 0.6) is 17.2 Å². The lowest BCUT2D eigenvalue weighted by Gasteiger charge is -2.13. The number of ether oxygens (including phenoxy) is 3. The third-order valence-electron chi connectivity index (χ3n) is 4.37. The summed E-state index contributed by atoms with van der Waals surface area (Å²) in [6.07, 6.45) is 1.53. The molecule has 0 radical (unpaired) electrons. The minimum Gasteiger partial charge on any atom is -0.497 e. The van der Waals surface area contributed by atoms with Gasteiger partial charge in [-0.15, -0.1) is 0 Å². The molecule has 0 aliphatic rings. The lowest BCUT2D eigenvalue weighted by molar-refractivity contribution is 0.302. The molecule has 0 saturated carbocycles. The quantitative estimate of drug-likeness (QED) is 0.327. The van der Waals surface area contributed by atoms with Crippen LogP contribution in [0.2, 0.25) is 0 Å². The van der Waals surface area contributed by atoms with Gasteiger partial charge in [-0.25, -0.2) is 0 Å². The molecule has 0 fully saturated rings. The first-order valence-corrected chi connectivity index (χ1v) is 10.4. The molecule has 6 nitrogen and oxygen atoms in total. The van der Waals surface area contributed by atoms with Gasteiger partial charge in [-0.2, -0.15) is 0 Å². The Morgan fingerprint density at radius 2 is 1.53 bits per heavy atom. The Hall–Kier alpha value is -3.41. The minimum atomic E-state index is -0.192. The predicted octanol–water partition coefficient (Wildman–Crippen LogP) is 7.13. The van der Waals surface area contributed by atoms with Crippen molar-refractivity contribution in [2.24, 2.45) is 0 Å². The van der Waals surface area contributed by atoms with Crippen molar-refractivity contribution in [3.8, 4) is 17.2 Å². The molecule has 0 spiro atoms. The highest BCUT2D eigenvalue weighted by molar-refractivity contribution is 6.06. The van der Waals surface area contributed by atoms with Gasteiger partial charge >= 0.3 is 0 Å². The van der Waals surface area contributed by atoms with Crippen LogP contribution < -0.4 is 19.6 Å². The van der Waals surface area contributed by atoms with Crippen molar-refractivity contribution in [2.45, 2.75) is 48.7 Å². The predicted molar refractivity (Wildman–Crippen MR) is 130 cm³/mol. The van der Waals surface area contributed by atoms with Crippen LogP contribution in [-0.2, 0) is 6.61 Å². The van der Waals surface area contributed by atoms with Gasteiger partial charge in [0.15, 0.2) is 16.6 Å². The molecule has 4 aromatic rings. The zero-order valence-corrected chi connectivity index (χ0v) is 19.2. The Morgan fingerprint density at radius 3 is 2.12 bits per heavy atom. The maximum Gasteiger partial charge on any atom is 0.206 e. The molecule has 0 aliphatic heterocycles. The lowest BCUT2D eigenvalue weighted by Crippen LogP contribution is -2.05. The van der Waals surface area contributed by atoms with Crippen molar-refractivity contribution >= 4 is 21.9 Å². The van der Waals surface area contributed by atoms with E-state index >= 15 is 0 Å². The molecule has 32 heavy (non-hydrogen) atoms. The molecule has 0 amide bonds. The summed E-state index contributed by atoms with van der Waals surface area (Å²) in [4.78, 5) is 12.6. The molecule has 2 aromatic heterocycles. The summed E-state index contributed by atoms with van der Waals surface area (Å²) in [5, 5.41) is 0.993. The largest absolute Gasteiger partial charge is 0.497 e. The number of furan rings is 1. The number of aryl methyl sites for hydroxylation is 1. The Labute approximate surface area is 189 Å². The van der Waals surface area contributed by atoms with E-state index in [1.54, 1.807) is 20.1 Å². The van der Waals surface area contributed by atoms with Crippen molar-refractivity contribution in [2.75, 3.05) is 14.2 Å². The summed E-state index contributed by atoms with van der Waals surface area (Å²) in [6.45, 7) is 9.99. The number of hydrogen-bond donors (Lipinski definition) is 0. The van der Waals surface area contributed by atoms with E-state index in [0.29, 0.717) is 39.2 Å². The molecule has 0 atom stereocenters. The fourth-order valence-electron chi connectivity index (χ4n) is 3.11. The maximum absolute atomic E-state index is 12.6. The van der Waals surface area contributed by atoms with Gasteiger partial charge in [-0.1, -0.05) is 47.3 Å². The number of methoxy groups -OCH3 is 2. The third-order valence-corrected chi connectivity index (χ3v) is 4.37. The van der Waals surface area contributed by atoms with E-state index in [9.17, 15) is 4.79 Å². The second-order valence-electron chi connectivity index (χ2n) is 6.09. The zero-order valence-electron chi connectivity index (χ0n) is 19.2. The molecule has 0 bridgehead atoms. The first kappa shape index (κ1) is 26.6. The average molecular weight is 443 g/mol. The Kier molecular flexibility index (Phi) is 10.4. The second-order valence-corrected chi connectivity index (χ2v) is 6.09. The molecule has 4 rings (SSSR count). The van der Waals surface area contributed by atoms with Gasteiger partial charge in [-0.05, 0) is 30.7 Å². The summed E-state index contributed by atoms with van der Waals surface area (Å²) >= 11 is 0. The van der Waals surface area contributed by atoms with Crippen molar-refractivity contribution in [3.05, 3.63) is 64.2 Å². The molecule has 6 heteroatoms. The highest BCUT2D eigenvalue weighted by Gasteiger charge is 2.22. The highest BCUT2D eigenvalue weighted by atomic mass is 16.5. The van der Waals surface area contributed by atoms with Crippen molar-refractivity contribution in [3.63, 3.8) is 0 Å². The van der Waals surface area contributed by atoms with Crippen molar-refractivity contribution in [1.29, 1.82) is 0 Å². The molecule has 174 valence electrons. The molecule has 0 N–H and O–H groups in total. The van der Waals surface area contributed by atoms with Crippen LogP contribution in [0.1, 0.15) is 46.4 Å². The Morgan fingerprint density at radius 1 is 0.875 bits per heavy atom. The molecular formula is C26H34O6. The van der Waals surface area contributed by atoms with E-state index < -0.39 is 0 Å². The van der Waals surface area contributed by atoms with Gasteiger partial charge in [-0.3, -0.25) is 4.79 Å². The third kappa shape index (κ3) is 5.25. The smallest absolute Gasteiger partial charge is 0.206 e. The molecule has 2 heterocycles. The molecule has 0 unspecified atom stereocenters. The average Bonchev–Trinajstić information content (AvgIpc) is 3.29. The van der Waals surface area contributed by atoms with Crippen LogP contribution in [0.25, 0.3) is 21.9 Å². The van der Waals surface area contributed by atoms with E-state index in [1.807, 2.05) is 52.0 Å². The van der Waals surface area contributed by atoms with Gasteiger partial charge in [0.05, 0.1) is 25.9 Å². The fraction of sp³-hybridized carbons (Fsp3) is 0.346. The van der Waals surface area contributed by atoms with Gasteiger partial charge in [0.1, 0.15) is 29.3 Å². The van der Waals surface area contributed by atoms with Crippen LogP contribution in [0.3, 0.4) is 0 Å². The first-order chi connectivity index (χ1) is 15.1. The Balaban J connectivity index is 0.000000971. The van der Waals surface area contributed by atoms with Crippen molar-refractivity contribution in [1.82, 2.24) is 0 Å². The van der Waals surface area contributed by atoms with Crippen LogP contribution in [0.15, 0.2) is 56.3 Å². The number of fused-ring (bicyclic) bond motifs is 2. The minimum absolute atomic E-state index is 0. The van der Waals surface area contributed by atoms with Crippen molar-refractivity contribution < 1.29 is 23.0 Å². The normalized spacial score (nSPS) is 9.72. The van der Waals surface area contributed by atoms with Crippen LogP contribution in [-0.4, -0.2) is 14.2 Å². The molecule has 0 aliphatic carbocycles. The Bertz CT molecular complexity index is 1170. The van der Waals surface area contributed by atoms with E-state index in [2.05, 4.69) is 0 Å². The summed E-state index contributed by atoms with van der Waals surface area (Å²) in [5.41, 5.74) is 1.53. The molecule has 2 aromatic carbocycles. The highest BCUT2D eigenvalue weighted by Crippen LogP contribution is 2.42. The van der Waals surface area contributed by atoms with E-state index in [-0.39, 0.29) is 19.5 Å². The molecule has 0 saturated heterocycles. The zero-order chi connectivity index (χ0) is 23.0. The fourth-order valence-corrected chi connectivity index (χ4v) is 3.11. The van der Waals surface area contributed by atoms with E-state index in [1.165, 1.54) is 19.4 Å². The number of rotatable bonds is 5. The monoisotopic (exact) mass is 442 g/mol. The van der Waals surface area contributed by atoms with Crippen LogP contribution in [0.4, 0.5) is 0 Å². The van der Waals surface area contributed by atoms with Crippen LogP contribution >= 0.6 is 0 Å². The second kappa shape index (κ2) is 12.4. The summed E-state index contributed by atoms with van der Waals surface area (Å²) in [6, 6.07) is 10.7. The van der Waals surface area contributed by atoms with Gasteiger partial charge in [0.2, 0.25) is 5.75 Å². The lowest BCUT2D eigenvalue weighted by atomic mass is 10.1. The van der Waals surface area contributed by atoms with Crippen LogP contribution in [0, 0.1) is 6.92 Å². The summed E-state index contributed by atoms with van der Waals surface area (Å²) in [7, 11) is 3.13. The van der Waals surface area contributed by atoms with Gasteiger partial charge in [0, 0.05) is 6.07 Å². The SMILES string of the molecule is C.CC.CC.COc1ccc(COc2c3occc3c(OC)c3c(=O)cc(C)oc23)cc1.